The summed E-state index contributed by atoms with van der Waals surface area (Å²) < 4.78 is 1.08. The Labute approximate surface area is 133 Å². The van der Waals surface area contributed by atoms with Gasteiger partial charge in [0, 0.05) is 42.2 Å². The highest BCUT2D eigenvalue weighted by Crippen LogP contribution is 2.29. The highest BCUT2D eigenvalue weighted by molar-refractivity contribution is 9.10. The number of H-pyrrole nitrogens is 1. The minimum absolute atomic E-state index is 0.798. The summed E-state index contributed by atoms with van der Waals surface area (Å²) in [6.07, 6.45) is 1.98. The van der Waals surface area contributed by atoms with Crippen LogP contribution in [-0.4, -0.2) is 19.1 Å². The second kappa shape index (κ2) is 5.82. The van der Waals surface area contributed by atoms with Crippen molar-refractivity contribution >= 4 is 38.2 Å². The molecule has 0 saturated heterocycles. The number of nitrogens with zero attached hydrogens (tertiary/aromatic N) is 1. The van der Waals surface area contributed by atoms with E-state index in [9.17, 15) is 0 Å². The van der Waals surface area contributed by atoms with E-state index in [1.165, 1.54) is 22.2 Å². The van der Waals surface area contributed by atoms with Gasteiger partial charge in [-0.2, -0.15) is 0 Å². The summed E-state index contributed by atoms with van der Waals surface area (Å²) >= 11 is 3.54. The molecule has 0 unspecified atom stereocenters. The minimum atomic E-state index is 0.798. The number of benzene rings is 2. The minimum Gasteiger partial charge on any atom is -0.379 e. The third kappa shape index (κ3) is 2.90. The fraction of sp³-hybridized carbons (Fsp3) is 0.176. The van der Waals surface area contributed by atoms with Gasteiger partial charge in [-0.3, -0.25) is 0 Å². The van der Waals surface area contributed by atoms with Crippen LogP contribution in [0.5, 0.6) is 0 Å². The number of fused-ring (bicyclic) bond motifs is 1. The maximum atomic E-state index is 3.55. The molecule has 21 heavy (non-hydrogen) atoms. The summed E-state index contributed by atoms with van der Waals surface area (Å²) in [5.74, 6) is 0. The molecular weight excluding hydrogens is 326 g/mol. The van der Waals surface area contributed by atoms with Crippen molar-refractivity contribution in [3.8, 4) is 0 Å². The molecule has 0 radical (unpaired) electrons. The van der Waals surface area contributed by atoms with E-state index in [-0.39, 0.29) is 0 Å². The summed E-state index contributed by atoms with van der Waals surface area (Å²) in [5, 5.41) is 4.82. The maximum Gasteiger partial charge on any atom is 0.0597 e. The number of hydrogen-bond acceptors (Lipinski definition) is 2. The molecule has 0 aliphatic carbocycles. The molecule has 3 nitrogen and oxygen atoms in total. The third-order valence-electron chi connectivity index (χ3n) is 3.59. The van der Waals surface area contributed by atoms with E-state index in [1.807, 2.05) is 6.20 Å². The van der Waals surface area contributed by atoms with Gasteiger partial charge in [0.1, 0.15) is 0 Å². The lowest BCUT2D eigenvalue weighted by Gasteiger charge is -2.19. The highest BCUT2D eigenvalue weighted by Gasteiger charge is 2.06. The fourth-order valence-corrected chi connectivity index (χ4v) is 2.90. The second-order valence-electron chi connectivity index (χ2n) is 5.27. The summed E-state index contributed by atoms with van der Waals surface area (Å²) in [6.45, 7) is 0.798. The van der Waals surface area contributed by atoms with Crippen LogP contribution in [0, 0.1) is 0 Å². The van der Waals surface area contributed by atoms with Crippen LogP contribution >= 0.6 is 15.9 Å². The zero-order valence-electron chi connectivity index (χ0n) is 12.2. The molecule has 0 aliphatic rings. The Bertz CT molecular complexity index is 762. The van der Waals surface area contributed by atoms with E-state index in [2.05, 4.69) is 87.7 Å². The van der Waals surface area contributed by atoms with Crippen molar-refractivity contribution in [2.24, 2.45) is 0 Å². The molecule has 0 spiro atoms. The van der Waals surface area contributed by atoms with Gasteiger partial charge in [-0.05, 0) is 35.9 Å². The number of nitrogens with one attached hydrogen (secondary N) is 2. The van der Waals surface area contributed by atoms with Crippen LogP contribution in [0.1, 0.15) is 5.56 Å². The normalized spacial score (nSPS) is 10.8. The average molecular weight is 344 g/mol. The summed E-state index contributed by atoms with van der Waals surface area (Å²) in [6, 6.07) is 14.8. The van der Waals surface area contributed by atoms with Gasteiger partial charge >= 0.3 is 0 Å². The monoisotopic (exact) mass is 343 g/mol. The molecule has 1 aromatic heterocycles. The van der Waals surface area contributed by atoms with Crippen LogP contribution in [-0.2, 0) is 6.54 Å². The predicted octanol–water partition coefficient (Wildman–Crippen LogP) is 4.61. The molecule has 108 valence electrons. The molecule has 2 N–H and O–H groups in total. The lowest BCUT2D eigenvalue weighted by Crippen LogP contribution is -2.12. The standard InChI is InChI=1S/C17H18BrN3/c1-21(2)17-7-6-13(18)10-16(17)20-11-12-4-3-5-15-14(12)8-9-19-15/h3-10,19-20H,11H2,1-2H3. The van der Waals surface area contributed by atoms with Crippen LogP contribution in [0.2, 0.25) is 0 Å². The van der Waals surface area contributed by atoms with Gasteiger partial charge in [-0.15, -0.1) is 0 Å². The molecule has 0 fully saturated rings. The van der Waals surface area contributed by atoms with Crippen LogP contribution < -0.4 is 10.2 Å². The number of aromatic amines is 1. The highest BCUT2D eigenvalue weighted by atomic mass is 79.9. The van der Waals surface area contributed by atoms with Crippen LogP contribution in [0.15, 0.2) is 53.1 Å². The van der Waals surface area contributed by atoms with Gasteiger partial charge in [0.25, 0.3) is 0 Å². The Balaban J connectivity index is 1.88. The Kier molecular flexibility index (Phi) is 3.88. The van der Waals surface area contributed by atoms with Gasteiger partial charge in [0.05, 0.1) is 11.4 Å². The summed E-state index contributed by atoms with van der Waals surface area (Å²) in [4.78, 5) is 5.37. The Morgan fingerprint density at radius 2 is 2.00 bits per heavy atom. The Morgan fingerprint density at radius 3 is 2.81 bits per heavy atom. The SMILES string of the molecule is CN(C)c1ccc(Br)cc1NCc1cccc2[nH]ccc12. The van der Waals surface area contributed by atoms with Crippen molar-refractivity contribution in [1.82, 2.24) is 4.98 Å². The number of hydrogen-bond donors (Lipinski definition) is 2. The average Bonchev–Trinajstić information content (AvgIpc) is 2.93. The van der Waals surface area contributed by atoms with E-state index >= 15 is 0 Å². The van der Waals surface area contributed by atoms with Gasteiger partial charge in [0.2, 0.25) is 0 Å². The van der Waals surface area contributed by atoms with Crippen molar-refractivity contribution < 1.29 is 0 Å². The Hall–Kier alpha value is -1.94. The molecule has 2 aromatic carbocycles. The maximum absolute atomic E-state index is 3.55. The first-order valence-corrected chi connectivity index (χ1v) is 7.70. The first kappa shape index (κ1) is 14.0. The molecule has 0 bridgehead atoms. The number of halogens is 1. The van der Waals surface area contributed by atoms with Crippen LogP contribution in [0.3, 0.4) is 0 Å². The second-order valence-corrected chi connectivity index (χ2v) is 6.18. The molecule has 4 heteroatoms. The quantitative estimate of drug-likeness (QED) is 0.724. The van der Waals surface area contributed by atoms with E-state index in [4.69, 9.17) is 0 Å². The largest absolute Gasteiger partial charge is 0.379 e. The van der Waals surface area contributed by atoms with Gasteiger partial charge < -0.3 is 15.2 Å². The Morgan fingerprint density at radius 1 is 1.14 bits per heavy atom. The third-order valence-corrected chi connectivity index (χ3v) is 4.09. The molecule has 0 atom stereocenters. The van der Waals surface area contributed by atoms with Gasteiger partial charge in [-0.25, -0.2) is 0 Å². The van der Waals surface area contributed by atoms with E-state index in [0.29, 0.717) is 0 Å². The molecule has 3 rings (SSSR count). The van der Waals surface area contributed by atoms with Crippen molar-refractivity contribution in [2.45, 2.75) is 6.54 Å². The van der Waals surface area contributed by atoms with Crippen molar-refractivity contribution in [3.05, 3.63) is 58.7 Å². The van der Waals surface area contributed by atoms with Crippen LogP contribution in [0.25, 0.3) is 10.9 Å². The summed E-state index contributed by atoms with van der Waals surface area (Å²) in [5.41, 5.74) is 4.77. The molecule has 3 aromatic rings. The smallest absolute Gasteiger partial charge is 0.0597 e. The van der Waals surface area contributed by atoms with Crippen molar-refractivity contribution in [1.29, 1.82) is 0 Å². The lowest BCUT2D eigenvalue weighted by atomic mass is 10.1. The zero-order chi connectivity index (χ0) is 14.8. The predicted molar refractivity (Wildman–Crippen MR) is 94.1 cm³/mol. The summed E-state index contributed by atoms with van der Waals surface area (Å²) in [7, 11) is 4.11. The number of aromatic nitrogens is 1. The lowest BCUT2D eigenvalue weighted by molar-refractivity contribution is 1.10. The molecule has 0 amide bonds. The van der Waals surface area contributed by atoms with Gasteiger partial charge in [0.15, 0.2) is 0 Å². The van der Waals surface area contributed by atoms with Crippen molar-refractivity contribution in [2.75, 3.05) is 24.3 Å². The molecular formula is C17H18BrN3. The zero-order valence-corrected chi connectivity index (χ0v) is 13.7. The van der Waals surface area contributed by atoms with Gasteiger partial charge in [-0.1, -0.05) is 28.1 Å². The van der Waals surface area contributed by atoms with E-state index < -0.39 is 0 Å². The molecule has 0 saturated carbocycles. The van der Waals surface area contributed by atoms with Crippen molar-refractivity contribution in [3.63, 3.8) is 0 Å². The molecule has 1 heterocycles. The number of anilines is 2. The molecule has 0 aliphatic heterocycles. The van der Waals surface area contributed by atoms with E-state index in [0.717, 1.165) is 16.7 Å². The first-order chi connectivity index (χ1) is 10.1. The van der Waals surface area contributed by atoms with E-state index in [1.54, 1.807) is 0 Å². The topological polar surface area (TPSA) is 31.1 Å². The fourth-order valence-electron chi connectivity index (χ4n) is 2.53. The number of rotatable bonds is 4. The van der Waals surface area contributed by atoms with Crippen LogP contribution in [0.4, 0.5) is 11.4 Å². The first-order valence-electron chi connectivity index (χ1n) is 6.91.